The van der Waals surface area contributed by atoms with Crippen molar-refractivity contribution in [3.8, 4) is 0 Å². The van der Waals surface area contributed by atoms with Crippen molar-refractivity contribution in [3.05, 3.63) is 0 Å². The van der Waals surface area contributed by atoms with Crippen molar-refractivity contribution in [3.63, 3.8) is 0 Å². The zero-order valence-corrected chi connectivity index (χ0v) is 38.6. The van der Waals surface area contributed by atoms with Crippen molar-refractivity contribution < 1.29 is 28.6 Å². The first kappa shape index (κ1) is 53.9. The summed E-state index contributed by atoms with van der Waals surface area (Å²) in [6, 6.07) is 0. The highest BCUT2D eigenvalue weighted by Crippen LogP contribution is 2.18. The molecule has 0 aromatic rings. The largest absolute Gasteiger partial charge is 0.466 e. The van der Waals surface area contributed by atoms with Gasteiger partial charge in [0.2, 0.25) is 0 Å². The number of carbonyl (C=O) groups excluding carboxylic acids is 3. The molecule has 326 valence electrons. The molecule has 0 aromatic carbocycles. The van der Waals surface area contributed by atoms with E-state index in [-0.39, 0.29) is 24.1 Å². The zero-order chi connectivity index (χ0) is 40.3. The Labute approximate surface area is 354 Å². The van der Waals surface area contributed by atoms with Crippen molar-refractivity contribution in [2.45, 2.75) is 232 Å². The molecule has 0 fully saturated rings. The van der Waals surface area contributed by atoms with Crippen molar-refractivity contribution in [1.29, 1.82) is 0 Å². The molecular formula is C46H89IN2O6. The van der Waals surface area contributed by atoms with Crippen LogP contribution in [0.3, 0.4) is 0 Å². The standard InChI is InChI=1S/C46H89IN2O6/c1-4-6-8-10-12-23-31-41-53-44(50)35-26-18-14-21-29-38-49(40-32-42-54-46(52)48-3)39-30-22-15-19-27-36-45(51)55-43(33-24-16-11-9-7-5-2)34-25-17-13-20-28-37-47/h43H,4-42H2,1-3H3,(H,48,52). The monoisotopic (exact) mass is 893 g/mol. The van der Waals surface area contributed by atoms with E-state index in [1.807, 2.05) is 0 Å². The Balaban J connectivity index is 4.29. The van der Waals surface area contributed by atoms with Crippen LogP contribution in [-0.2, 0) is 23.8 Å². The summed E-state index contributed by atoms with van der Waals surface area (Å²) < 4.78 is 17.9. The minimum Gasteiger partial charge on any atom is -0.466 e. The Kier molecular flexibility index (Phi) is 43.1. The van der Waals surface area contributed by atoms with Crippen LogP contribution in [0.1, 0.15) is 226 Å². The van der Waals surface area contributed by atoms with E-state index in [0.717, 1.165) is 116 Å². The SMILES string of the molecule is CCCCCCCCCOC(=O)CCCCCCCN(CCCCCCCC(=O)OC(CCCCCCCC)CCCCCCCI)CCCOC(=O)NC. The summed E-state index contributed by atoms with van der Waals surface area (Å²) in [6.45, 7) is 8.52. The van der Waals surface area contributed by atoms with Crippen LogP contribution in [0.5, 0.6) is 0 Å². The fourth-order valence-corrected chi connectivity index (χ4v) is 7.64. The summed E-state index contributed by atoms with van der Waals surface area (Å²) in [5.41, 5.74) is 0. The van der Waals surface area contributed by atoms with E-state index >= 15 is 0 Å². The molecule has 0 heterocycles. The topological polar surface area (TPSA) is 94.2 Å². The highest BCUT2D eigenvalue weighted by atomic mass is 127. The minimum absolute atomic E-state index is 0.00442. The maximum atomic E-state index is 12.8. The second-order valence-corrected chi connectivity index (χ2v) is 17.0. The number of nitrogens with zero attached hydrogens (tertiary/aromatic N) is 1. The predicted octanol–water partition coefficient (Wildman–Crippen LogP) is 13.4. The smallest absolute Gasteiger partial charge is 0.406 e. The van der Waals surface area contributed by atoms with E-state index in [4.69, 9.17) is 14.2 Å². The lowest BCUT2D eigenvalue weighted by molar-refractivity contribution is -0.150. The zero-order valence-electron chi connectivity index (χ0n) is 36.4. The molecule has 0 aliphatic carbocycles. The molecule has 1 unspecified atom stereocenters. The van der Waals surface area contributed by atoms with E-state index < -0.39 is 0 Å². The van der Waals surface area contributed by atoms with Crippen LogP contribution in [0.4, 0.5) is 4.79 Å². The lowest BCUT2D eigenvalue weighted by Gasteiger charge is -2.22. The van der Waals surface area contributed by atoms with Gasteiger partial charge in [0.05, 0.1) is 13.2 Å². The average Bonchev–Trinajstić information content (AvgIpc) is 3.18. The molecule has 1 N–H and O–H groups in total. The van der Waals surface area contributed by atoms with Gasteiger partial charge in [0.15, 0.2) is 0 Å². The molecule has 0 radical (unpaired) electrons. The second kappa shape index (κ2) is 44.0. The number of esters is 2. The quantitative estimate of drug-likeness (QED) is 0.0214. The van der Waals surface area contributed by atoms with Crippen molar-refractivity contribution in [2.75, 3.05) is 44.3 Å². The fourth-order valence-electron chi connectivity index (χ4n) is 7.10. The Hall–Kier alpha value is -1.10. The molecule has 0 saturated heterocycles. The van der Waals surface area contributed by atoms with Gasteiger partial charge in [0.25, 0.3) is 0 Å². The predicted molar refractivity (Wildman–Crippen MR) is 240 cm³/mol. The Morgan fingerprint density at radius 2 is 0.909 bits per heavy atom. The molecule has 0 spiro atoms. The maximum absolute atomic E-state index is 12.8. The third-order valence-electron chi connectivity index (χ3n) is 10.6. The van der Waals surface area contributed by atoms with Crippen LogP contribution < -0.4 is 5.32 Å². The lowest BCUT2D eigenvalue weighted by atomic mass is 10.0. The minimum atomic E-state index is -0.372. The molecule has 9 heteroatoms. The first-order valence-electron chi connectivity index (χ1n) is 23.4. The van der Waals surface area contributed by atoms with Crippen molar-refractivity contribution in [1.82, 2.24) is 10.2 Å². The summed E-state index contributed by atoms with van der Waals surface area (Å²) in [5, 5.41) is 2.51. The third-order valence-corrected chi connectivity index (χ3v) is 11.4. The van der Waals surface area contributed by atoms with Crippen LogP contribution in [0.15, 0.2) is 0 Å². The van der Waals surface area contributed by atoms with Crippen molar-refractivity contribution in [2.24, 2.45) is 0 Å². The number of ether oxygens (including phenoxy) is 3. The number of carbonyl (C=O) groups is 3. The van der Waals surface area contributed by atoms with Gasteiger partial charge in [-0.15, -0.1) is 0 Å². The van der Waals surface area contributed by atoms with Gasteiger partial charge in [0, 0.05) is 26.4 Å². The molecule has 0 bridgehead atoms. The lowest BCUT2D eigenvalue weighted by Crippen LogP contribution is -2.29. The molecule has 0 saturated carbocycles. The van der Waals surface area contributed by atoms with Gasteiger partial charge in [-0.2, -0.15) is 0 Å². The molecule has 0 aromatic heterocycles. The average molecular weight is 893 g/mol. The number of alkyl halides is 1. The number of hydrogen-bond acceptors (Lipinski definition) is 7. The van der Waals surface area contributed by atoms with Gasteiger partial charge in [-0.05, 0) is 88.1 Å². The summed E-state index contributed by atoms with van der Waals surface area (Å²) in [6.07, 6.45) is 37.1. The molecule has 8 nitrogen and oxygen atoms in total. The second-order valence-electron chi connectivity index (χ2n) is 15.9. The number of hydrogen-bond donors (Lipinski definition) is 1. The van der Waals surface area contributed by atoms with Crippen LogP contribution in [0.25, 0.3) is 0 Å². The summed E-state index contributed by atoms with van der Waals surface area (Å²) in [5.74, 6) is -0.0353. The van der Waals surface area contributed by atoms with E-state index in [2.05, 4.69) is 46.7 Å². The van der Waals surface area contributed by atoms with Crippen LogP contribution in [-0.4, -0.2) is 73.4 Å². The summed E-state index contributed by atoms with van der Waals surface area (Å²) >= 11 is 2.46. The van der Waals surface area contributed by atoms with E-state index in [1.54, 1.807) is 7.05 Å². The first-order valence-corrected chi connectivity index (χ1v) is 25.0. The van der Waals surface area contributed by atoms with Crippen molar-refractivity contribution >= 4 is 40.6 Å². The Bertz CT molecular complexity index is 831. The van der Waals surface area contributed by atoms with E-state index in [0.29, 0.717) is 26.1 Å². The molecule has 1 amide bonds. The van der Waals surface area contributed by atoms with Gasteiger partial charge in [0.1, 0.15) is 6.10 Å². The van der Waals surface area contributed by atoms with Crippen LogP contribution in [0.2, 0.25) is 0 Å². The molecule has 0 rings (SSSR count). The van der Waals surface area contributed by atoms with E-state index in [9.17, 15) is 14.4 Å². The third kappa shape index (κ3) is 40.9. The van der Waals surface area contributed by atoms with Gasteiger partial charge in [-0.1, -0.05) is 165 Å². The number of unbranched alkanes of at least 4 members (excludes halogenated alkanes) is 23. The van der Waals surface area contributed by atoms with Gasteiger partial charge >= 0.3 is 18.0 Å². The Morgan fingerprint density at radius 3 is 1.44 bits per heavy atom. The van der Waals surface area contributed by atoms with Gasteiger partial charge < -0.3 is 24.4 Å². The van der Waals surface area contributed by atoms with E-state index in [1.165, 1.54) is 107 Å². The number of amides is 1. The maximum Gasteiger partial charge on any atom is 0.406 e. The number of alkyl carbamates (subject to hydrolysis) is 1. The first-order chi connectivity index (χ1) is 27.0. The number of nitrogens with one attached hydrogen (secondary N) is 1. The molecular weight excluding hydrogens is 803 g/mol. The van der Waals surface area contributed by atoms with Crippen LogP contribution in [0, 0.1) is 0 Å². The van der Waals surface area contributed by atoms with Gasteiger partial charge in [-0.3, -0.25) is 9.59 Å². The number of halogens is 1. The summed E-state index contributed by atoms with van der Waals surface area (Å²) in [7, 11) is 1.59. The fraction of sp³-hybridized carbons (Fsp3) is 0.935. The van der Waals surface area contributed by atoms with Gasteiger partial charge in [-0.25, -0.2) is 4.79 Å². The molecule has 0 aliphatic rings. The molecule has 0 aliphatic heterocycles. The summed E-state index contributed by atoms with van der Waals surface area (Å²) in [4.78, 5) is 38.8. The highest BCUT2D eigenvalue weighted by molar-refractivity contribution is 14.1. The molecule has 55 heavy (non-hydrogen) atoms. The normalized spacial score (nSPS) is 11.9. The van der Waals surface area contributed by atoms with Crippen LogP contribution >= 0.6 is 22.6 Å². The number of rotatable bonds is 43. The highest BCUT2D eigenvalue weighted by Gasteiger charge is 2.14. The Morgan fingerprint density at radius 1 is 0.491 bits per heavy atom. The molecule has 1 atom stereocenters.